The van der Waals surface area contributed by atoms with Gasteiger partial charge >= 0.3 is 0 Å². The summed E-state index contributed by atoms with van der Waals surface area (Å²) in [6.07, 6.45) is 5.86. The molecule has 0 spiro atoms. The van der Waals surface area contributed by atoms with Crippen molar-refractivity contribution in [3.05, 3.63) is 83.4 Å². The third-order valence-electron chi connectivity index (χ3n) is 7.84. The average Bonchev–Trinajstić information content (AvgIpc) is 3.34. The van der Waals surface area contributed by atoms with E-state index >= 15 is 0 Å². The van der Waals surface area contributed by atoms with Gasteiger partial charge in [0.25, 0.3) is 0 Å². The largest absolute Gasteiger partial charge is 0.370 e. The first-order valence-electron chi connectivity index (χ1n) is 13.7. The standard InChI is InChI=1S/C31H37N5O2/c32-31(33)34-15-7-1-2-8-16-35-21-29(37)36(27-19-25-11-5-6-12-26(25)20-27)28(30(35)38)18-22-13-14-23-9-3-4-10-24(23)17-22/h3-6,9-14,17,27-28H,1-2,7-8,15-16,18-21H2,(H4,32,33,34). The molecule has 2 amide bonds. The fourth-order valence-electron chi connectivity index (χ4n) is 5.96. The van der Waals surface area contributed by atoms with Crippen LogP contribution in [0.1, 0.15) is 42.4 Å². The molecule has 0 radical (unpaired) electrons. The Bertz CT molecular complexity index is 1310. The summed E-state index contributed by atoms with van der Waals surface area (Å²) in [7, 11) is 0. The normalized spacial score (nSPS) is 17.7. The molecule has 4 N–H and O–H groups in total. The summed E-state index contributed by atoms with van der Waals surface area (Å²) in [5, 5.41) is 2.32. The maximum Gasteiger partial charge on any atom is 0.246 e. The molecule has 7 nitrogen and oxygen atoms in total. The molecule has 38 heavy (non-hydrogen) atoms. The topological polar surface area (TPSA) is 105 Å². The van der Waals surface area contributed by atoms with E-state index in [2.05, 4.69) is 59.6 Å². The van der Waals surface area contributed by atoms with E-state index in [0.29, 0.717) is 19.5 Å². The number of guanidine groups is 1. The zero-order valence-corrected chi connectivity index (χ0v) is 21.9. The second-order valence-corrected chi connectivity index (χ2v) is 10.5. The van der Waals surface area contributed by atoms with E-state index in [1.165, 1.54) is 16.5 Å². The summed E-state index contributed by atoms with van der Waals surface area (Å²) in [6, 6.07) is 22.5. The molecule has 1 saturated heterocycles. The fourth-order valence-corrected chi connectivity index (χ4v) is 5.96. The van der Waals surface area contributed by atoms with Crippen LogP contribution in [0.2, 0.25) is 0 Å². The highest BCUT2D eigenvalue weighted by molar-refractivity contribution is 5.95. The van der Waals surface area contributed by atoms with Gasteiger partial charge in [-0.3, -0.25) is 14.6 Å². The summed E-state index contributed by atoms with van der Waals surface area (Å²) in [5.74, 6) is 0.241. The number of nitrogens with two attached hydrogens (primary N) is 2. The summed E-state index contributed by atoms with van der Waals surface area (Å²) in [5.41, 5.74) is 14.4. The number of benzene rings is 3. The zero-order valence-electron chi connectivity index (χ0n) is 21.9. The molecule has 0 bridgehead atoms. The third kappa shape index (κ3) is 5.82. The van der Waals surface area contributed by atoms with Crippen molar-refractivity contribution in [2.75, 3.05) is 19.6 Å². The number of amides is 2. The monoisotopic (exact) mass is 511 g/mol. The van der Waals surface area contributed by atoms with Crippen molar-refractivity contribution in [1.29, 1.82) is 0 Å². The molecule has 3 aromatic carbocycles. The smallest absolute Gasteiger partial charge is 0.246 e. The molecule has 1 aliphatic heterocycles. The molecule has 1 heterocycles. The molecule has 198 valence electrons. The first-order chi connectivity index (χ1) is 18.5. The van der Waals surface area contributed by atoms with Crippen molar-refractivity contribution in [3.8, 4) is 0 Å². The van der Waals surface area contributed by atoms with Gasteiger partial charge in [0.1, 0.15) is 6.04 Å². The van der Waals surface area contributed by atoms with Crippen LogP contribution in [0.3, 0.4) is 0 Å². The SMILES string of the molecule is NC(N)=NCCCCCCN1CC(=O)N(C2Cc3ccccc3C2)C(Cc2ccc3ccccc3c2)C1=O. The number of carbonyl (C=O) groups is 2. The lowest BCUT2D eigenvalue weighted by Crippen LogP contribution is -2.63. The molecule has 3 aromatic rings. The summed E-state index contributed by atoms with van der Waals surface area (Å²) in [4.78, 5) is 35.3. The van der Waals surface area contributed by atoms with Gasteiger partial charge in [-0.25, -0.2) is 0 Å². The molecular weight excluding hydrogens is 474 g/mol. The van der Waals surface area contributed by atoms with Gasteiger partial charge < -0.3 is 21.3 Å². The van der Waals surface area contributed by atoms with Gasteiger partial charge in [0.2, 0.25) is 11.8 Å². The van der Waals surface area contributed by atoms with E-state index in [4.69, 9.17) is 11.5 Å². The molecule has 1 atom stereocenters. The summed E-state index contributed by atoms with van der Waals surface area (Å²) >= 11 is 0. The van der Waals surface area contributed by atoms with Gasteiger partial charge in [-0.1, -0.05) is 79.6 Å². The van der Waals surface area contributed by atoms with Gasteiger partial charge in [0.15, 0.2) is 5.96 Å². The Morgan fingerprint density at radius 3 is 2.26 bits per heavy atom. The van der Waals surface area contributed by atoms with Gasteiger partial charge in [0.05, 0.1) is 6.54 Å². The minimum atomic E-state index is -0.487. The molecule has 5 rings (SSSR count). The fraction of sp³-hybridized carbons (Fsp3) is 0.387. The van der Waals surface area contributed by atoms with Crippen LogP contribution < -0.4 is 11.5 Å². The minimum Gasteiger partial charge on any atom is -0.370 e. The molecule has 7 heteroatoms. The second-order valence-electron chi connectivity index (χ2n) is 10.5. The Hall–Kier alpha value is -3.87. The highest BCUT2D eigenvalue weighted by Crippen LogP contribution is 2.30. The lowest BCUT2D eigenvalue weighted by Gasteiger charge is -2.43. The van der Waals surface area contributed by atoms with Crippen LogP contribution in [0.15, 0.2) is 71.7 Å². The number of unbranched alkanes of at least 4 members (excludes halogenated alkanes) is 3. The maximum atomic E-state index is 13.9. The first kappa shape index (κ1) is 25.8. The van der Waals surface area contributed by atoms with Gasteiger partial charge in [-0.2, -0.15) is 0 Å². The minimum absolute atomic E-state index is 0.0204. The number of aliphatic imine (C=N–C) groups is 1. The number of piperazine rings is 1. The van der Waals surface area contributed by atoms with E-state index in [0.717, 1.165) is 49.5 Å². The number of fused-ring (bicyclic) bond motifs is 2. The van der Waals surface area contributed by atoms with Gasteiger partial charge in [0, 0.05) is 25.6 Å². The highest BCUT2D eigenvalue weighted by Gasteiger charge is 2.43. The molecule has 1 fully saturated rings. The number of nitrogens with zero attached hydrogens (tertiary/aromatic N) is 3. The maximum absolute atomic E-state index is 13.9. The van der Waals surface area contributed by atoms with Crippen molar-refractivity contribution in [2.45, 2.75) is 57.0 Å². The van der Waals surface area contributed by atoms with Crippen molar-refractivity contribution in [2.24, 2.45) is 16.5 Å². The van der Waals surface area contributed by atoms with E-state index in [9.17, 15) is 9.59 Å². The molecule has 0 saturated carbocycles. The quantitative estimate of drug-likeness (QED) is 0.247. The predicted molar refractivity (Wildman–Crippen MR) is 152 cm³/mol. The van der Waals surface area contributed by atoms with E-state index in [1.807, 2.05) is 17.0 Å². The van der Waals surface area contributed by atoms with Crippen LogP contribution in [0, 0.1) is 0 Å². The van der Waals surface area contributed by atoms with Crippen LogP contribution in [-0.2, 0) is 28.9 Å². The Kier molecular flexibility index (Phi) is 7.91. The molecule has 1 aliphatic carbocycles. The average molecular weight is 512 g/mol. The highest BCUT2D eigenvalue weighted by atomic mass is 16.2. The van der Waals surface area contributed by atoms with Gasteiger partial charge in [-0.15, -0.1) is 0 Å². The van der Waals surface area contributed by atoms with Crippen LogP contribution in [0.25, 0.3) is 10.8 Å². The Morgan fingerprint density at radius 2 is 1.53 bits per heavy atom. The Morgan fingerprint density at radius 1 is 0.842 bits per heavy atom. The summed E-state index contributed by atoms with van der Waals surface area (Å²) < 4.78 is 0. The lowest BCUT2D eigenvalue weighted by atomic mass is 9.96. The second kappa shape index (κ2) is 11.7. The number of carbonyl (C=O) groups excluding carboxylic acids is 2. The lowest BCUT2D eigenvalue weighted by molar-refractivity contribution is -0.158. The van der Waals surface area contributed by atoms with E-state index in [-0.39, 0.29) is 30.4 Å². The van der Waals surface area contributed by atoms with Gasteiger partial charge in [-0.05, 0) is 53.1 Å². The molecule has 2 aliphatic rings. The molecular formula is C31H37N5O2. The molecule has 1 unspecified atom stereocenters. The Balaban J connectivity index is 1.31. The third-order valence-corrected chi connectivity index (χ3v) is 7.84. The van der Waals surface area contributed by atoms with Crippen LogP contribution in [-0.4, -0.2) is 59.3 Å². The number of hydrogen-bond donors (Lipinski definition) is 2. The summed E-state index contributed by atoms with van der Waals surface area (Å²) in [6.45, 7) is 1.38. The number of hydrogen-bond acceptors (Lipinski definition) is 3. The number of rotatable bonds is 10. The molecule has 0 aromatic heterocycles. The van der Waals surface area contributed by atoms with Crippen LogP contribution >= 0.6 is 0 Å². The van der Waals surface area contributed by atoms with Crippen LogP contribution in [0.5, 0.6) is 0 Å². The van der Waals surface area contributed by atoms with E-state index in [1.54, 1.807) is 4.90 Å². The van der Waals surface area contributed by atoms with Crippen molar-refractivity contribution in [1.82, 2.24) is 9.80 Å². The zero-order chi connectivity index (χ0) is 26.5. The Labute approximate surface area is 224 Å². The van der Waals surface area contributed by atoms with Crippen molar-refractivity contribution in [3.63, 3.8) is 0 Å². The van der Waals surface area contributed by atoms with Crippen molar-refractivity contribution >= 4 is 28.5 Å². The van der Waals surface area contributed by atoms with Crippen LogP contribution in [0.4, 0.5) is 0 Å². The van der Waals surface area contributed by atoms with E-state index < -0.39 is 6.04 Å². The van der Waals surface area contributed by atoms with Crippen molar-refractivity contribution < 1.29 is 9.59 Å². The predicted octanol–water partition coefficient (Wildman–Crippen LogP) is 3.42. The first-order valence-corrected chi connectivity index (χ1v) is 13.7.